The fraction of sp³-hybridized carbons (Fsp3) is 0.111. The molecule has 2 aromatic carbocycles. The van der Waals surface area contributed by atoms with Crippen molar-refractivity contribution < 1.29 is 14.3 Å². The molecule has 0 atom stereocenters. The van der Waals surface area contributed by atoms with Gasteiger partial charge in [0.2, 0.25) is 0 Å². The van der Waals surface area contributed by atoms with Crippen molar-refractivity contribution >= 4 is 62.2 Å². The van der Waals surface area contributed by atoms with Crippen LogP contribution in [0.4, 0.5) is 5.69 Å². The number of benzene rings is 2. The largest absolute Gasteiger partial charge is 0.465 e. The van der Waals surface area contributed by atoms with Crippen molar-refractivity contribution in [3.05, 3.63) is 62.4 Å². The summed E-state index contributed by atoms with van der Waals surface area (Å²) in [6, 6.07) is 10.3. The Morgan fingerprint density at radius 2 is 1.88 bits per heavy atom. The third-order valence-electron chi connectivity index (χ3n) is 3.70. The summed E-state index contributed by atoms with van der Waals surface area (Å²) in [5, 5.41) is 4.56. The lowest BCUT2D eigenvalue weighted by atomic mass is 10.1. The molecular formula is C18H13Cl2NO3S. The van der Waals surface area contributed by atoms with E-state index in [-0.39, 0.29) is 5.91 Å². The number of halogens is 2. The van der Waals surface area contributed by atoms with E-state index in [9.17, 15) is 9.59 Å². The van der Waals surface area contributed by atoms with E-state index in [1.165, 1.54) is 18.4 Å². The smallest absolute Gasteiger partial charge is 0.337 e. The molecule has 3 rings (SSSR count). The van der Waals surface area contributed by atoms with Crippen LogP contribution in [0.5, 0.6) is 0 Å². The molecule has 0 bridgehead atoms. The summed E-state index contributed by atoms with van der Waals surface area (Å²) in [5.41, 5.74) is 1.71. The van der Waals surface area contributed by atoms with Crippen molar-refractivity contribution in [2.75, 3.05) is 12.4 Å². The molecule has 0 fully saturated rings. The fourth-order valence-electron chi connectivity index (χ4n) is 2.37. The molecule has 7 heteroatoms. The molecule has 0 spiro atoms. The van der Waals surface area contributed by atoms with Crippen molar-refractivity contribution in [1.82, 2.24) is 0 Å². The lowest BCUT2D eigenvalue weighted by Crippen LogP contribution is -2.12. The van der Waals surface area contributed by atoms with Gasteiger partial charge in [-0.1, -0.05) is 35.3 Å². The number of ether oxygens (including phenoxy) is 1. The van der Waals surface area contributed by atoms with E-state index >= 15 is 0 Å². The molecule has 4 nitrogen and oxygen atoms in total. The SMILES string of the molecule is COC(=O)c1ccc(C)c(NC(=O)c2sc3cc(Cl)ccc3c2Cl)c1. The minimum atomic E-state index is -0.468. The number of amides is 1. The monoisotopic (exact) mass is 393 g/mol. The lowest BCUT2D eigenvalue weighted by molar-refractivity contribution is 0.0600. The van der Waals surface area contributed by atoms with Crippen LogP contribution in [-0.2, 0) is 4.74 Å². The summed E-state index contributed by atoms with van der Waals surface area (Å²) < 4.78 is 5.54. The quantitative estimate of drug-likeness (QED) is 0.592. The fourth-order valence-corrected chi connectivity index (χ4v) is 4.05. The first-order valence-corrected chi connectivity index (χ1v) is 8.86. The zero-order chi connectivity index (χ0) is 18.1. The number of rotatable bonds is 3. The molecule has 0 radical (unpaired) electrons. The Morgan fingerprint density at radius 1 is 1.12 bits per heavy atom. The predicted octanol–water partition coefficient (Wildman–Crippen LogP) is 5.56. The van der Waals surface area contributed by atoms with Crippen molar-refractivity contribution in [1.29, 1.82) is 0 Å². The van der Waals surface area contributed by atoms with Gasteiger partial charge in [0.15, 0.2) is 0 Å². The molecule has 0 saturated heterocycles. The molecule has 1 N–H and O–H groups in total. The zero-order valence-corrected chi connectivity index (χ0v) is 15.7. The molecule has 0 saturated carbocycles. The number of carbonyl (C=O) groups excluding carboxylic acids is 2. The van der Waals surface area contributed by atoms with E-state index in [4.69, 9.17) is 27.9 Å². The Bertz CT molecular complexity index is 997. The van der Waals surface area contributed by atoms with E-state index in [1.54, 1.807) is 36.4 Å². The number of carbonyl (C=O) groups is 2. The maximum Gasteiger partial charge on any atom is 0.337 e. The third kappa shape index (κ3) is 3.49. The number of methoxy groups -OCH3 is 1. The highest BCUT2D eigenvalue weighted by Gasteiger charge is 2.18. The molecule has 0 unspecified atom stereocenters. The number of hydrogen-bond donors (Lipinski definition) is 1. The predicted molar refractivity (Wildman–Crippen MR) is 102 cm³/mol. The number of esters is 1. The van der Waals surface area contributed by atoms with E-state index in [1.807, 2.05) is 6.92 Å². The first kappa shape index (κ1) is 17.7. The number of thiophene rings is 1. The minimum absolute atomic E-state index is 0.340. The van der Waals surface area contributed by atoms with Gasteiger partial charge >= 0.3 is 5.97 Å². The lowest BCUT2D eigenvalue weighted by Gasteiger charge is -2.09. The van der Waals surface area contributed by atoms with Crippen LogP contribution in [0.2, 0.25) is 10.0 Å². The Balaban J connectivity index is 1.95. The molecular weight excluding hydrogens is 381 g/mol. The Morgan fingerprint density at radius 3 is 2.60 bits per heavy atom. The third-order valence-corrected chi connectivity index (χ3v) is 5.60. The topological polar surface area (TPSA) is 55.4 Å². The van der Waals surface area contributed by atoms with Crippen LogP contribution in [0.1, 0.15) is 25.6 Å². The highest BCUT2D eigenvalue weighted by Crippen LogP contribution is 2.37. The molecule has 0 aliphatic carbocycles. The van der Waals surface area contributed by atoms with E-state index in [2.05, 4.69) is 5.32 Å². The standard InChI is InChI=1S/C18H13Cl2NO3S/c1-9-3-4-10(18(23)24-2)7-13(9)21-17(22)16-15(20)12-6-5-11(19)8-14(12)25-16/h3-8H,1-2H3,(H,21,22). The Labute approximate surface area is 158 Å². The van der Waals surface area contributed by atoms with Crippen LogP contribution in [0.15, 0.2) is 36.4 Å². The van der Waals surface area contributed by atoms with Crippen LogP contribution in [0.3, 0.4) is 0 Å². The number of anilines is 1. The van der Waals surface area contributed by atoms with Gasteiger partial charge in [-0.15, -0.1) is 11.3 Å². The molecule has 25 heavy (non-hydrogen) atoms. The van der Waals surface area contributed by atoms with Crippen molar-refractivity contribution in [3.8, 4) is 0 Å². The van der Waals surface area contributed by atoms with Gasteiger partial charge < -0.3 is 10.1 Å². The maximum absolute atomic E-state index is 12.7. The summed E-state index contributed by atoms with van der Waals surface area (Å²) in [6.07, 6.45) is 0. The second-order valence-corrected chi connectivity index (χ2v) is 7.23. The van der Waals surface area contributed by atoms with Gasteiger partial charge in [0.1, 0.15) is 4.88 Å². The molecule has 1 heterocycles. The average molecular weight is 394 g/mol. The molecule has 1 amide bonds. The summed E-state index contributed by atoms with van der Waals surface area (Å²) in [7, 11) is 1.31. The first-order valence-electron chi connectivity index (χ1n) is 7.28. The molecule has 0 aliphatic heterocycles. The van der Waals surface area contributed by atoms with Gasteiger partial charge in [-0.25, -0.2) is 4.79 Å². The highest BCUT2D eigenvalue weighted by molar-refractivity contribution is 7.21. The summed E-state index contributed by atoms with van der Waals surface area (Å²) in [5.74, 6) is -0.808. The van der Waals surface area contributed by atoms with Crippen LogP contribution in [-0.4, -0.2) is 19.0 Å². The van der Waals surface area contributed by atoms with E-state index in [0.29, 0.717) is 26.2 Å². The van der Waals surface area contributed by atoms with Crippen molar-refractivity contribution in [2.45, 2.75) is 6.92 Å². The molecule has 3 aromatic rings. The van der Waals surface area contributed by atoms with Gasteiger partial charge in [0.05, 0.1) is 17.7 Å². The van der Waals surface area contributed by atoms with Crippen LogP contribution < -0.4 is 5.32 Å². The van der Waals surface area contributed by atoms with Gasteiger partial charge in [0.25, 0.3) is 5.91 Å². The van der Waals surface area contributed by atoms with E-state index in [0.717, 1.165) is 15.6 Å². The van der Waals surface area contributed by atoms with Gasteiger partial charge in [-0.05, 0) is 36.8 Å². The molecule has 128 valence electrons. The number of nitrogens with one attached hydrogen (secondary N) is 1. The second kappa shape index (κ2) is 7.04. The summed E-state index contributed by atoms with van der Waals surface area (Å²) in [4.78, 5) is 24.7. The van der Waals surface area contributed by atoms with Crippen LogP contribution in [0.25, 0.3) is 10.1 Å². The van der Waals surface area contributed by atoms with Gasteiger partial charge in [-0.2, -0.15) is 0 Å². The van der Waals surface area contributed by atoms with Crippen LogP contribution in [0, 0.1) is 6.92 Å². The van der Waals surface area contributed by atoms with Gasteiger partial charge in [-0.3, -0.25) is 4.79 Å². The summed E-state index contributed by atoms with van der Waals surface area (Å²) in [6.45, 7) is 1.84. The Kier molecular flexibility index (Phi) is 4.99. The highest BCUT2D eigenvalue weighted by atomic mass is 35.5. The first-order chi connectivity index (χ1) is 11.9. The zero-order valence-electron chi connectivity index (χ0n) is 13.4. The van der Waals surface area contributed by atoms with Crippen molar-refractivity contribution in [3.63, 3.8) is 0 Å². The Hall–Kier alpha value is -2.08. The maximum atomic E-state index is 12.7. The summed E-state index contributed by atoms with van der Waals surface area (Å²) >= 11 is 13.6. The molecule has 1 aromatic heterocycles. The second-order valence-electron chi connectivity index (χ2n) is 5.36. The minimum Gasteiger partial charge on any atom is -0.465 e. The number of hydrogen-bond acceptors (Lipinski definition) is 4. The molecule has 0 aliphatic rings. The number of fused-ring (bicyclic) bond motifs is 1. The van der Waals surface area contributed by atoms with Crippen molar-refractivity contribution in [2.24, 2.45) is 0 Å². The van der Waals surface area contributed by atoms with E-state index < -0.39 is 5.97 Å². The van der Waals surface area contributed by atoms with Crippen LogP contribution >= 0.6 is 34.5 Å². The normalized spacial score (nSPS) is 10.7. The average Bonchev–Trinajstić information content (AvgIpc) is 2.92. The van der Waals surface area contributed by atoms with Gasteiger partial charge in [0, 0.05) is 20.8 Å². The number of aryl methyl sites for hydroxylation is 1.